The average Bonchev–Trinajstić information content (AvgIpc) is 3.00. The van der Waals surface area contributed by atoms with Crippen molar-refractivity contribution in [3.05, 3.63) is 36.3 Å². The van der Waals surface area contributed by atoms with Gasteiger partial charge in [0.15, 0.2) is 0 Å². The lowest BCUT2D eigenvalue weighted by Crippen LogP contribution is -2.29. The minimum Gasteiger partial charge on any atom is -0.351 e. The number of nitrogens with zero attached hydrogens (tertiary/aromatic N) is 3. The second-order valence-electron chi connectivity index (χ2n) is 4.61. The highest BCUT2D eigenvalue weighted by molar-refractivity contribution is 5.78. The highest BCUT2D eigenvalue weighted by atomic mass is 19.1. The van der Waals surface area contributed by atoms with Crippen molar-refractivity contribution in [2.45, 2.75) is 25.4 Å². The Balaban J connectivity index is 1.76. The van der Waals surface area contributed by atoms with Gasteiger partial charge < -0.3 is 5.32 Å². The van der Waals surface area contributed by atoms with Gasteiger partial charge in [-0.25, -0.2) is 9.07 Å². The van der Waals surface area contributed by atoms with Crippen LogP contribution in [0.15, 0.2) is 30.5 Å². The molecule has 1 aromatic carbocycles. The molecule has 0 aliphatic carbocycles. The van der Waals surface area contributed by atoms with Crippen molar-refractivity contribution in [3.63, 3.8) is 0 Å². The summed E-state index contributed by atoms with van der Waals surface area (Å²) < 4.78 is 15.2. The van der Waals surface area contributed by atoms with Crippen LogP contribution in [0.5, 0.6) is 0 Å². The molecule has 6 heteroatoms. The molecule has 1 N–H and O–H groups in total. The predicted octanol–water partition coefficient (Wildman–Crippen LogP) is 1.36. The van der Waals surface area contributed by atoms with Gasteiger partial charge in [0.2, 0.25) is 5.91 Å². The summed E-state index contributed by atoms with van der Waals surface area (Å²) >= 11 is 0. The lowest BCUT2D eigenvalue weighted by Gasteiger charge is -2.08. The molecule has 0 saturated carbocycles. The maximum atomic E-state index is 13.6. The Hall–Kier alpha value is -2.24. The molecule has 2 heterocycles. The van der Waals surface area contributed by atoms with Crippen LogP contribution in [0, 0.1) is 5.82 Å². The molecule has 2 aromatic rings. The number of benzene rings is 1. The second-order valence-corrected chi connectivity index (χ2v) is 4.61. The first-order valence-electron chi connectivity index (χ1n) is 6.17. The molecule has 1 fully saturated rings. The third-order valence-corrected chi connectivity index (χ3v) is 3.18. The molecule has 1 saturated heterocycles. The van der Waals surface area contributed by atoms with Gasteiger partial charge in [-0.1, -0.05) is 17.3 Å². The van der Waals surface area contributed by atoms with E-state index >= 15 is 0 Å². The Bertz CT molecular complexity index is 610. The molecule has 0 spiro atoms. The summed E-state index contributed by atoms with van der Waals surface area (Å²) in [5.74, 6) is -0.247. The van der Waals surface area contributed by atoms with E-state index in [2.05, 4.69) is 15.6 Å². The van der Waals surface area contributed by atoms with Crippen molar-refractivity contribution in [1.82, 2.24) is 20.3 Å². The summed E-state index contributed by atoms with van der Waals surface area (Å²) in [6.45, 7) is 0.563. The molecule has 1 aliphatic rings. The van der Waals surface area contributed by atoms with Crippen LogP contribution in [0.2, 0.25) is 0 Å². The highest BCUT2D eigenvalue weighted by Gasteiger charge is 2.21. The molecule has 5 nitrogen and oxygen atoms in total. The zero-order valence-electron chi connectivity index (χ0n) is 10.2. The summed E-state index contributed by atoms with van der Waals surface area (Å²) in [7, 11) is 0. The van der Waals surface area contributed by atoms with Crippen LogP contribution in [0.1, 0.15) is 12.8 Å². The zero-order chi connectivity index (χ0) is 13.2. The Kier molecular flexibility index (Phi) is 2.98. The SMILES string of the molecule is O=C1CC[C@@H](Cn2cc(-c3ccccc3F)nn2)N1. The fraction of sp³-hybridized carbons (Fsp3) is 0.308. The molecule has 1 aromatic heterocycles. The van der Waals surface area contributed by atoms with Crippen molar-refractivity contribution < 1.29 is 9.18 Å². The predicted molar refractivity (Wildman–Crippen MR) is 66.6 cm³/mol. The molecule has 0 radical (unpaired) electrons. The number of halogens is 1. The van der Waals surface area contributed by atoms with E-state index in [4.69, 9.17) is 0 Å². The van der Waals surface area contributed by atoms with Gasteiger partial charge in [0.25, 0.3) is 0 Å². The van der Waals surface area contributed by atoms with Crippen LogP contribution >= 0.6 is 0 Å². The van der Waals surface area contributed by atoms with Gasteiger partial charge in [0.05, 0.1) is 12.7 Å². The summed E-state index contributed by atoms with van der Waals surface area (Å²) in [5, 5.41) is 10.8. The highest BCUT2D eigenvalue weighted by Crippen LogP contribution is 2.19. The monoisotopic (exact) mass is 260 g/mol. The van der Waals surface area contributed by atoms with Crippen molar-refractivity contribution in [2.24, 2.45) is 0 Å². The van der Waals surface area contributed by atoms with E-state index in [0.717, 1.165) is 6.42 Å². The minimum atomic E-state index is -0.316. The molecule has 1 amide bonds. The quantitative estimate of drug-likeness (QED) is 0.906. The normalized spacial score (nSPS) is 18.6. The lowest BCUT2D eigenvalue weighted by molar-refractivity contribution is -0.119. The molecule has 3 rings (SSSR count). The van der Waals surface area contributed by atoms with Crippen molar-refractivity contribution in [1.29, 1.82) is 0 Å². The first-order chi connectivity index (χ1) is 9.22. The summed E-state index contributed by atoms with van der Waals surface area (Å²) in [6, 6.07) is 6.54. The van der Waals surface area contributed by atoms with Gasteiger partial charge in [-0.2, -0.15) is 0 Å². The number of aromatic nitrogens is 3. The first kappa shape index (κ1) is 11.8. The minimum absolute atomic E-state index is 0.0689. The largest absolute Gasteiger partial charge is 0.351 e. The fourth-order valence-corrected chi connectivity index (χ4v) is 2.22. The maximum absolute atomic E-state index is 13.6. The van der Waals surface area contributed by atoms with Crippen LogP contribution < -0.4 is 5.32 Å². The van der Waals surface area contributed by atoms with E-state index in [9.17, 15) is 9.18 Å². The number of hydrogen-bond donors (Lipinski definition) is 1. The topological polar surface area (TPSA) is 59.8 Å². The second kappa shape index (κ2) is 4.79. The van der Waals surface area contributed by atoms with Crippen LogP contribution in [0.4, 0.5) is 4.39 Å². The molecule has 98 valence electrons. The van der Waals surface area contributed by atoms with E-state index < -0.39 is 0 Å². The lowest BCUT2D eigenvalue weighted by atomic mass is 10.1. The summed E-state index contributed by atoms with van der Waals surface area (Å²) in [4.78, 5) is 11.1. The van der Waals surface area contributed by atoms with Gasteiger partial charge in [-0.15, -0.1) is 5.10 Å². The van der Waals surface area contributed by atoms with Gasteiger partial charge in [0, 0.05) is 18.0 Å². The molecule has 19 heavy (non-hydrogen) atoms. The van der Waals surface area contributed by atoms with Crippen LogP contribution in [0.3, 0.4) is 0 Å². The van der Waals surface area contributed by atoms with E-state index in [1.165, 1.54) is 6.07 Å². The van der Waals surface area contributed by atoms with Crippen molar-refractivity contribution in [2.75, 3.05) is 0 Å². The van der Waals surface area contributed by atoms with Crippen LogP contribution in [-0.4, -0.2) is 26.9 Å². The average molecular weight is 260 g/mol. The third kappa shape index (κ3) is 2.47. The standard InChI is InChI=1S/C13H13FN4O/c14-11-4-2-1-3-10(11)12-8-18(17-16-12)7-9-5-6-13(19)15-9/h1-4,8-9H,5-7H2,(H,15,19)/t9-/m0/s1. The number of carbonyl (C=O) groups is 1. The molecule has 1 atom stereocenters. The number of rotatable bonds is 3. The van der Waals surface area contributed by atoms with E-state index in [0.29, 0.717) is 24.2 Å². The molecular formula is C13H13FN4O. The Morgan fingerprint density at radius 3 is 3.00 bits per heavy atom. The summed E-state index contributed by atoms with van der Waals surface area (Å²) in [6.07, 6.45) is 3.05. The van der Waals surface area contributed by atoms with Crippen LogP contribution in [0.25, 0.3) is 11.3 Å². The fourth-order valence-electron chi connectivity index (χ4n) is 2.22. The maximum Gasteiger partial charge on any atom is 0.220 e. The van der Waals surface area contributed by atoms with Gasteiger partial charge in [0.1, 0.15) is 11.5 Å². The van der Waals surface area contributed by atoms with Gasteiger partial charge in [-0.3, -0.25) is 4.79 Å². The number of nitrogens with one attached hydrogen (secondary N) is 1. The Morgan fingerprint density at radius 1 is 1.42 bits per heavy atom. The zero-order valence-corrected chi connectivity index (χ0v) is 10.2. The van der Waals surface area contributed by atoms with Crippen LogP contribution in [-0.2, 0) is 11.3 Å². The third-order valence-electron chi connectivity index (χ3n) is 3.18. The summed E-state index contributed by atoms with van der Waals surface area (Å²) in [5.41, 5.74) is 0.937. The van der Waals surface area contributed by atoms with Crippen molar-refractivity contribution >= 4 is 5.91 Å². The van der Waals surface area contributed by atoms with Gasteiger partial charge >= 0.3 is 0 Å². The van der Waals surface area contributed by atoms with E-state index in [1.54, 1.807) is 29.1 Å². The Labute approximate surface area is 109 Å². The van der Waals surface area contributed by atoms with E-state index in [1.807, 2.05) is 0 Å². The number of hydrogen-bond acceptors (Lipinski definition) is 3. The Morgan fingerprint density at radius 2 is 2.26 bits per heavy atom. The molecule has 1 aliphatic heterocycles. The van der Waals surface area contributed by atoms with Gasteiger partial charge in [-0.05, 0) is 18.6 Å². The smallest absolute Gasteiger partial charge is 0.220 e. The van der Waals surface area contributed by atoms with E-state index in [-0.39, 0.29) is 17.8 Å². The molecule has 0 bridgehead atoms. The first-order valence-corrected chi connectivity index (χ1v) is 6.17. The number of amides is 1. The van der Waals surface area contributed by atoms with Crippen molar-refractivity contribution in [3.8, 4) is 11.3 Å². The molecule has 0 unspecified atom stereocenters. The molecular weight excluding hydrogens is 247 g/mol. The number of carbonyl (C=O) groups excluding carboxylic acids is 1.